The number of rotatable bonds is 4. The van der Waals surface area contributed by atoms with Crippen LogP contribution in [0.2, 0.25) is 0 Å². The summed E-state index contributed by atoms with van der Waals surface area (Å²) in [4.78, 5) is 2.45. The molecule has 0 N–H and O–H groups in total. The maximum Gasteiger partial charge on any atom is 0.137 e. The summed E-state index contributed by atoms with van der Waals surface area (Å²) in [6.07, 6.45) is 0. The third-order valence-corrected chi connectivity index (χ3v) is 14.6. The van der Waals surface area contributed by atoms with Crippen LogP contribution in [0.4, 0.5) is 17.1 Å². The molecule has 4 heteroatoms. The van der Waals surface area contributed by atoms with Crippen molar-refractivity contribution < 1.29 is 9.15 Å². The number of anilines is 3. The van der Waals surface area contributed by atoms with E-state index in [0.29, 0.717) is 0 Å². The summed E-state index contributed by atoms with van der Waals surface area (Å²) < 4.78 is 15.8. The number of hydrogen-bond donors (Lipinski definition) is 0. The summed E-state index contributed by atoms with van der Waals surface area (Å²) in [6.45, 7) is 0. The highest BCUT2D eigenvalue weighted by Gasteiger charge is 2.49. The molecule has 1 spiro atoms. The molecule has 1 unspecified atom stereocenters. The number of nitrogens with zero attached hydrogens (tertiary/aromatic N) is 2. The zero-order valence-electron chi connectivity index (χ0n) is 36.2. The first-order chi connectivity index (χ1) is 33.2. The molecule has 0 fully saturated rings. The monoisotopic (exact) mass is 854 g/mol. The number of ether oxygens (including phenoxy) is 1. The van der Waals surface area contributed by atoms with Gasteiger partial charge in [-0.05, 0) is 111 Å². The minimum Gasteiger partial charge on any atom is -0.457 e. The van der Waals surface area contributed by atoms with Gasteiger partial charge >= 0.3 is 0 Å². The molecule has 0 amide bonds. The predicted molar refractivity (Wildman–Crippen MR) is 275 cm³/mol. The summed E-state index contributed by atoms with van der Waals surface area (Å²) >= 11 is 0. The number of hydrogen-bond acceptors (Lipinski definition) is 3. The van der Waals surface area contributed by atoms with Crippen molar-refractivity contribution in [2.75, 3.05) is 4.90 Å². The maximum absolute atomic E-state index is 6.99. The number of benzene rings is 11. The van der Waals surface area contributed by atoms with E-state index in [1.807, 2.05) is 6.07 Å². The molecule has 2 aliphatic rings. The maximum atomic E-state index is 6.99. The lowest BCUT2D eigenvalue weighted by Crippen LogP contribution is -2.36. The highest BCUT2D eigenvalue weighted by molar-refractivity contribution is 6.15. The Morgan fingerprint density at radius 1 is 0.373 bits per heavy atom. The van der Waals surface area contributed by atoms with E-state index in [1.165, 1.54) is 54.6 Å². The third-order valence-electron chi connectivity index (χ3n) is 14.6. The summed E-state index contributed by atoms with van der Waals surface area (Å²) in [7, 11) is 0. The predicted octanol–water partition coefficient (Wildman–Crippen LogP) is 16.9. The highest BCUT2D eigenvalue weighted by atomic mass is 16.5. The van der Waals surface area contributed by atoms with Crippen molar-refractivity contribution in [3.63, 3.8) is 0 Å². The third kappa shape index (κ3) is 4.91. The van der Waals surface area contributed by atoms with E-state index in [9.17, 15) is 0 Å². The van der Waals surface area contributed by atoms with E-state index >= 15 is 0 Å². The number of fused-ring (bicyclic) bond motifs is 15. The summed E-state index contributed by atoms with van der Waals surface area (Å²) in [5.41, 5.74) is 14.9. The highest BCUT2D eigenvalue weighted by Crippen LogP contribution is 2.62. The number of furan rings is 1. The molecule has 1 aliphatic heterocycles. The van der Waals surface area contributed by atoms with Crippen LogP contribution in [-0.4, -0.2) is 4.57 Å². The molecule has 312 valence electrons. The van der Waals surface area contributed by atoms with Crippen LogP contribution in [0.5, 0.6) is 11.5 Å². The molecule has 15 rings (SSSR count). The van der Waals surface area contributed by atoms with Crippen LogP contribution in [0.15, 0.2) is 235 Å². The second-order valence-electron chi connectivity index (χ2n) is 17.9. The average Bonchev–Trinajstić information content (AvgIpc) is 3.94. The normalized spacial score (nSPS) is 14.7. The van der Waals surface area contributed by atoms with E-state index in [1.54, 1.807) is 0 Å². The summed E-state index contributed by atoms with van der Waals surface area (Å²) in [5.74, 6) is 1.73. The lowest BCUT2D eigenvalue weighted by molar-refractivity contribution is 0.435. The Kier molecular flexibility index (Phi) is 7.40. The molecule has 2 aromatic heterocycles. The van der Waals surface area contributed by atoms with Gasteiger partial charge in [0, 0.05) is 44.0 Å². The Hall–Kier alpha value is -8.86. The van der Waals surface area contributed by atoms with E-state index in [0.717, 1.165) is 78.3 Å². The second-order valence-corrected chi connectivity index (χ2v) is 17.9. The standard InChI is InChI=1S/C63H38N2O2/c1-2-19-43-39(15-1)16-13-28-53(43)64(41-33-35-55-48(37-41)45-21-4-8-27-54(45)65(55)56-29-14-32-60-62(56)47-22-5-9-30-57(47)66-60)42-34-36-59-52(38-42)63(50-25-7-10-31-58(50)67-59)49-24-6-3-20-44(49)46-23-11-17-40-18-12-26-51(63)61(40)46/h1-38H. The minimum atomic E-state index is -0.676. The fourth-order valence-corrected chi connectivity index (χ4v) is 11.9. The van der Waals surface area contributed by atoms with Gasteiger partial charge in [0.05, 0.1) is 33.2 Å². The molecule has 1 aliphatic carbocycles. The Labute approximate surface area is 385 Å². The first kappa shape index (κ1) is 36.5. The van der Waals surface area contributed by atoms with Crippen molar-refractivity contribution in [3.8, 4) is 28.3 Å². The molecule has 0 radical (unpaired) electrons. The SMILES string of the molecule is c1ccc2c(c1)Oc1ccc(N(c3ccc4c(c3)c3ccccc3n4-c3cccc4oc5ccccc5c34)c3cccc4ccccc34)cc1C21c2ccccc2-c2cccc3cccc1c23. The van der Waals surface area contributed by atoms with E-state index in [2.05, 4.69) is 234 Å². The molecule has 0 bridgehead atoms. The fraction of sp³-hybridized carbons (Fsp3) is 0.0159. The van der Waals surface area contributed by atoms with Crippen LogP contribution < -0.4 is 9.64 Å². The molecule has 0 saturated heterocycles. The van der Waals surface area contributed by atoms with Gasteiger partial charge in [-0.15, -0.1) is 0 Å². The molecule has 3 heterocycles. The van der Waals surface area contributed by atoms with Gasteiger partial charge in [0.25, 0.3) is 0 Å². The van der Waals surface area contributed by atoms with E-state index in [-0.39, 0.29) is 0 Å². The molecule has 4 nitrogen and oxygen atoms in total. The van der Waals surface area contributed by atoms with Gasteiger partial charge in [-0.2, -0.15) is 0 Å². The molecular formula is C63H38N2O2. The van der Waals surface area contributed by atoms with Crippen molar-refractivity contribution in [2.24, 2.45) is 0 Å². The van der Waals surface area contributed by atoms with Crippen LogP contribution in [0.1, 0.15) is 22.3 Å². The Balaban J connectivity index is 1.02. The smallest absolute Gasteiger partial charge is 0.137 e. The second kappa shape index (κ2) is 13.6. The molecular weight excluding hydrogens is 817 g/mol. The molecule has 0 saturated carbocycles. The zero-order chi connectivity index (χ0) is 43.8. The van der Waals surface area contributed by atoms with Crippen molar-refractivity contribution >= 4 is 82.4 Å². The summed E-state index contributed by atoms with van der Waals surface area (Å²) in [5, 5.41) is 9.42. The number of aromatic nitrogens is 1. The van der Waals surface area contributed by atoms with Gasteiger partial charge in [-0.1, -0.05) is 158 Å². The lowest BCUT2D eigenvalue weighted by Gasteiger charge is -2.45. The van der Waals surface area contributed by atoms with Crippen LogP contribution >= 0.6 is 0 Å². The van der Waals surface area contributed by atoms with Crippen LogP contribution in [0.3, 0.4) is 0 Å². The first-order valence-electron chi connectivity index (χ1n) is 23.0. The molecule has 1 atom stereocenters. The largest absolute Gasteiger partial charge is 0.457 e. The first-order valence-corrected chi connectivity index (χ1v) is 23.0. The summed E-state index contributed by atoms with van der Waals surface area (Å²) in [6, 6.07) is 83.9. The average molecular weight is 855 g/mol. The van der Waals surface area contributed by atoms with Gasteiger partial charge in [0.1, 0.15) is 22.7 Å². The van der Waals surface area contributed by atoms with Gasteiger partial charge in [0.15, 0.2) is 0 Å². The van der Waals surface area contributed by atoms with Crippen molar-refractivity contribution in [1.82, 2.24) is 4.57 Å². The lowest BCUT2D eigenvalue weighted by atomic mass is 9.58. The number of para-hydroxylation sites is 3. The van der Waals surface area contributed by atoms with Crippen LogP contribution in [0.25, 0.3) is 82.1 Å². The van der Waals surface area contributed by atoms with Gasteiger partial charge in [0.2, 0.25) is 0 Å². The van der Waals surface area contributed by atoms with Gasteiger partial charge < -0.3 is 18.6 Å². The molecule has 67 heavy (non-hydrogen) atoms. The molecule has 13 aromatic rings. The van der Waals surface area contributed by atoms with Crippen molar-refractivity contribution in [1.29, 1.82) is 0 Å². The van der Waals surface area contributed by atoms with Crippen LogP contribution in [-0.2, 0) is 5.41 Å². The van der Waals surface area contributed by atoms with Crippen LogP contribution in [0, 0.1) is 0 Å². The topological polar surface area (TPSA) is 30.5 Å². The minimum absolute atomic E-state index is 0.676. The van der Waals surface area contributed by atoms with Crippen molar-refractivity contribution in [2.45, 2.75) is 5.41 Å². The zero-order valence-corrected chi connectivity index (χ0v) is 36.2. The quantitative estimate of drug-likeness (QED) is 0.177. The van der Waals surface area contributed by atoms with Crippen molar-refractivity contribution in [3.05, 3.63) is 253 Å². The Bertz CT molecular complexity index is 4220. The Morgan fingerprint density at radius 2 is 1.00 bits per heavy atom. The van der Waals surface area contributed by atoms with Gasteiger partial charge in [-0.25, -0.2) is 0 Å². The fourth-order valence-electron chi connectivity index (χ4n) is 11.9. The molecule has 11 aromatic carbocycles. The Morgan fingerprint density at radius 3 is 1.94 bits per heavy atom. The van der Waals surface area contributed by atoms with Gasteiger partial charge in [-0.3, -0.25) is 0 Å². The van der Waals surface area contributed by atoms with E-state index in [4.69, 9.17) is 9.15 Å². The van der Waals surface area contributed by atoms with E-state index < -0.39 is 5.41 Å².